The van der Waals surface area contributed by atoms with E-state index in [1.54, 1.807) is 0 Å². The fourth-order valence-corrected chi connectivity index (χ4v) is 8.23. The molecule has 0 spiro atoms. The minimum absolute atomic E-state index is 0.546. The zero-order chi connectivity index (χ0) is 39.1. The van der Waals surface area contributed by atoms with Gasteiger partial charge in [0.05, 0.1) is 5.56 Å². The largest absolute Gasteiger partial charge is 0.455 e. The Hall–Kier alpha value is -7.95. The van der Waals surface area contributed by atoms with Crippen LogP contribution in [0.5, 0.6) is 0 Å². The molecule has 2 heterocycles. The lowest BCUT2D eigenvalue weighted by Gasteiger charge is -2.15. The second kappa shape index (κ2) is 14.5. The summed E-state index contributed by atoms with van der Waals surface area (Å²) in [4.78, 5) is 16.0. The van der Waals surface area contributed by atoms with Gasteiger partial charge in [-0.3, -0.25) is 0 Å². The van der Waals surface area contributed by atoms with Gasteiger partial charge in [-0.1, -0.05) is 188 Å². The lowest BCUT2D eigenvalue weighted by atomic mass is 9.92. The predicted molar refractivity (Wildman–Crippen MR) is 243 cm³/mol. The van der Waals surface area contributed by atoms with Gasteiger partial charge in [-0.2, -0.15) is 0 Å². The van der Waals surface area contributed by atoms with Crippen molar-refractivity contribution < 1.29 is 4.42 Å². The van der Waals surface area contributed by atoms with Crippen LogP contribution in [0, 0.1) is 0 Å². The Kier molecular flexibility index (Phi) is 8.45. The molecule has 0 amide bonds. The molecule has 11 aromatic rings. The van der Waals surface area contributed by atoms with Crippen LogP contribution in [-0.4, -0.2) is 15.0 Å². The van der Waals surface area contributed by atoms with Crippen LogP contribution >= 0.6 is 0 Å². The van der Waals surface area contributed by atoms with Crippen LogP contribution in [0.1, 0.15) is 0 Å². The van der Waals surface area contributed by atoms with E-state index in [0.29, 0.717) is 17.5 Å². The summed E-state index contributed by atoms with van der Waals surface area (Å²) in [6, 6.07) is 74.1. The fourth-order valence-electron chi connectivity index (χ4n) is 8.23. The number of fused-ring (bicyclic) bond motifs is 4. The quantitative estimate of drug-likeness (QED) is 0.163. The van der Waals surface area contributed by atoms with Gasteiger partial charge < -0.3 is 4.42 Å². The van der Waals surface area contributed by atoms with Gasteiger partial charge in [-0.05, 0) is 79.5 Å². The number of nitrogens with zero attached hydrogens (tertiary/aromatic N) is 3. The smallest absolute Gasteiger partial charge is 0.167 e. The molecule has 0 aliphatic rings. The highest BCUT2D eigenvalue weighted by molar-refractivity contribution is 6.09. The van der Waals surface area contributed by atoms with Crippen molar-refractivity contribution >= 4 is 32.7 Å². The number of para-hydroxylation sites is 2. The molecular weight excluding hydrogens is 719 g/mol. The zero-order valence-corrected chi connectivity index (χ0v) is 32.0. The number of hydrogen-bond acceptors (Lipinski definition) is 4. The molecule has 0 aliphatic carbocycles. The third-order valence-electron chi connectivity index (χ3n) is 11.2. The normalized spacial score (nSPS) is 11.4. The van der Waals surface area contributed by atoms with Crippen LogP contribution in [0.25, 0.3) is 111 Å². The van der Waals surface area contributed by atoms with Crippen LogP contribution in [0.3, 0.4) is 0 Å². The maximum atomic E-state index is 6.56. The van der Waals surface area contributed by atoms with Crippen LogP contribution in [0.4, 0.5) is 0 Å². The second-order valence-electron chi connectivity index (χ2n) is 14.8. The molecular formula is C55H35N3O. The maximum absolute atomic E-state index is 6.56. The molecule has 0 atom stereocenters. The second-order valence-corrected chi connectivity index (χ2v) is 14.8. The first-order chi connectivity index (χ1) is 29.2. The Morgan fingerprint density at radius 2 is 0.797 bits per heavy atom. The molecule has 0 bridgehead atoms. The molecule has 0 radical (unpaired) electrons. The van der Waals surface area contributed by atoms with Crippen LogP contribution in [0.15, 0.2) is 217 Å². The molecule has 0 aliphatic heterocycles. The average Bonchev–Trinajstić information content (AvgIpc) is 3.71. The summed E-state index contributed by atoms with van der Waals surface area (Å²) in [7, 11) is 0. The average molecular weight is 754 g/mol. The molecule has 4 heteroatoms. The Labute approximate surface area is 341 Å². The lowest BCUT2D eigenvalue weighted by molar-refractivity contribution is 0.669. The van der Waals surface area contributed by atoms with E-state index in [1.807, 2.05) is 36.4 Å². The Balaban J connectivity index is 1.13. The third-order valence-corrected chi connectivity index (χ3v) is 11.2. The van der Waals surface area contributed by atoms with Crippen molar-refractivity contribution in [2.24, 2.45) is 0 Å². The first-order valence-corrected chi connectivity index (χ1v) is 19.8. The van der Waals surface area contributed by atoms with E-state index in [1.165, 1.54) is 11.1 Å². The van der Waals surface area contributed by atoms with Crippen molar-refractivity contribution in [3.63, 3.8) is 0 Å². The Morgan fingerprint density at radius 3 is 1.56 bits per heavy atom. The van der Waals surface area contributed by atoms with Gasteiger partial charge in [0, 0.05) is 21.9 Å². The summed E-state index contributed by atoms with van der Waals surface area (Å²) in [5.74, 6) is 1.72. The predicted octanol–water partition coefficient (Wildman–Crippen LogP) is 14.6. The highest BCUT2D eigenvalue weighted by Gasteiger charge is 2.21. The topological polar surface area (TPSA) is 51.8 Å². The molecule has 0 saturated carbocycles. The summed E-state index contributed by atoms with van der Waals surface area (Å²) in [6.07, 6.45) is 0. The molecule has 11 rings (SSSR count). The number of hydrogen-bond donors (Lipinski definition) is 0. The van der Waals surface area contributed by atoms with E-state index in [4.69, 9.17) is 19.4 Å². The number of furan rings is 1. The Morgan fingerprint density at radius 1 is 0.288 bits per heavy atom. The van der Waals surface area contributed by atoms with E-state index >= 15 is 0 Å². The van der Waals surface area contributed by atoms with Crippen molar-refractivity contribution in [3.8, 4) is 78.7 Å². The van der Waals surface area contributed by atoms with Crippen molar-refractivity contribution in [3.05, 3.63) is 212 Å². The van der Waals surface area contributed by atoms with Crippen LogP contribution in [-0.2, 0) is 0 Å². The molecule has 9 aromatic carbocycles. The van der Waals surface area contributed by atoms with Crippen LogP contribution < -0.4 is 0 Å². The monoisotopic (exact) mass is 753 g/mol. The highest BCUT2D eigenvalue weighted by atomic mass is 16.3. The van der Waals surface area contributed by atoms with Crippen molar-refractivity contribution in [1.29, 1.82) is 0 Å². The van der Waals surface area contributed by atoms with E-state index in [0.717, 1.165) is 82.8 Å². The summed E-state index contributed by atoms with van der Waals surface area (Å²) < 4.78 is 6.56. The first kappa shape index (κ1) is 34.3. The van der Waals surface area contributed by atoms with Gasteiger partial charge >= 0.3 is 0 Å². The van der Waals surface area contributed by atoms with E-state index in [-0.39, 0.29) is 0 Å². The van der Waals surface area contributed by atoms with Crippen molar-refractivity contribution in [2.45, 2.75) is 0 Å². The number of rotatable bonds is 7. The molecule has 0 saturated heterocycles. The van der Waals surface area contributed by atoms with Gasteiger partial charge in [0.1, 0.15) is 11.2 Å². The molecule has 0 fully saturated rings. The molecule has 2 aromatic heterocycles. The van der Waals surface area contributed by atoms with Crippen molar-refractivity contribution in [2.75, 3.05) is 0 Å². The summed E-state index contributed by atoms with van der Waals surface area (Å²) in [5, 5.41) is 4.25. The van der Waals surface area contributed by atoms with Gasteiger partial charge in [0.2, 0.25) is 0 Å². The molecule has 0 unspecified atom stereocenters. The maximum Gasteiger partial charge on any atom is 0.167 e. The van der Waals surface area contributed by atoms with E-state index in [2.05, 4.69) is 176 Å². The lowest BCUT2D eigenvalue weighted by Crippen LogP contribution is -2.02. The molecule has 0 N–H and O–H groups in total. The first-order valence-electron chi connectivity index (χ1n) is 19.8. The minimum atomic E-state index is 0.546. The van der Waals surface area contributed by atoms with Gasteiger partial charge in [0.25, 0.3) is 0 Å². The minimum Gasteiger partial charge on any atom is -0.455 e. The third kappa shape index (κ3) is 6.34. The SMILES string of the molecule is c1ccc(-c2ccc(-c3ccc4ccccc4c3-c3nc(-c4cccc(-c5cccc(-c6ccccc6)c5)c4)nc(-c4cccc5c4oc4ccccc45)n3)cc2)cc1. The summed E-state index contributed by atoms with van der Waals surface area (Å²) >= 11 is 0. The molecule has 276 valence electrons. The highest BCUT2D eigenvalue weighted by Crippen LogP contribution is 2.41. The summed E-state index contributed by atoms with van der Waals surface area (Å²) in [5.41, 5.74) is 13.2. The number of benzene rings is 9. The van der Waals surface area contributed by atoms with E-state index < -0.39 is 0 Å². The summed E-state index contributed by atoms with van der Waals surface area (Å²) in [6.45, 7) is 0. The fraction of sp³-hybridized carbons (Fsp3) is 0. The van der Waals surface area contributed by atoms with Gasteiger partial charge in [0.15, 0.2) is 17.5 Å². The van der Waals surface area contributed by atoms with Crippen LogP contribution in [0.2, 0.25) is 0 Å². The number of aromatic nitrogens is 3. The Bertz CT molecular complexity index is 3320. The standard InChI is InChI=1S/C55H35N3O/c1-3-14-36(15-4-1)38-28-30-40(31-29-38)46-33-32-39-18-7-8-23-45(39)51(46)55-57-53(56-54(58-55)49-26-13-25-48-47-24-9-10-27-50(47)59-52(48)49)44-22-12-21-43(35-44)42-20-11-19-41(34-42)37-16-5-2-6-17-37/h1-35H. The van der Waals surface area contributed by atoms with Gasteiger partial charge in [-0.25, -0.2) is 15.0 Å². The zero-order valence-electron chi connectivity index (χ0n) is 32.0. The van der Waals surface area contributed by atoms with E-state index in [9.17, 15) is 0 Å². The molecule has 59 heavy (non-hydrogen) atoms. The van der Waals surface area contributed by atoms with Gasteiger partial charge in [-0.15, -0.1) is 0 Å². The molecule has 4 nitrogen and oxygen atoms in total. The van der Waals surface area contributed by atoms with Crippen molar-refractivity contribution in [1.82, 2.24) is 15.0 Å².